The van der Waals surface area contributed by atoms with Crippen molar-refractivity contribution in [2.24, 2.45) is 4.99 Å². The van der Waals surface area contributed by atoms with Crippen molar-refractivity contribution in [2.45, 2.75) is 0 Å². The Morgan fingerprint density at radius 3 is 2.95 bits per heavy atom. The molecule has 0 radical (unpaired) electrons. The Bertz CT molecular complexity index is 593. The smallest absolute Gasteiger partial charge is 0.341 e. The summed E-state index contributed by atoms with van der Waals surface area (Å²) in [4.78, 5) is 14.5. The van der Waals surface area contributed by atoms with Crippen LogP contribution in [0.5, 0.6) is 5.75 Å². The third kappa shape index (κ3) is 3.86. The van der Waals surface area contributed by atoms with Gasteiger partial charge in [0.1, 0.15) is 5.75 Å². The van der Waals surface area contributed by atoms with Gasteiger partial charge in [0.05, 0.1) is 11.3 Å². The molecular formula is C13H10ClNO4. The van der Waals surface area contributed by atoms with Gasteiger partial charge in [-0.3, -0.25) is 0 Å². The molecule has 0 spiro atoms. The Kier molecular flexibility index (Phi) is 4.20. The van der Waals surface area contributed by atoms with Gasteiger partial charge in [0, 0.05) is 12.3 Å². The molecule has 0 aliphatic heterocycles. The number of hydrogen-bond acceptors (Lipinski definition) is 4. The van der Waals surface area contributed by atoms with Crippen LogP contribution in [0.4, 0.5) is 5.88 Å². The number of benzene rings is 1. The van der Waals surface area contributed by atoms with Gasteiger partial charge in [0.2, 0.25) is 5.88 Å². The van der Waals surface area contributed by atoms with Crippen LogP contribution in [0.3, 0.4) is 0 Å². The second-order valence-electron chi connectivity index (χ2n) is 3.58. The number of carboxylic acids is 1. The maximum absolute atomic E-state index is 10.4. The normalized spacial score (nSPS) is 10.8. The molecular weight excluding hydrogens is 270 g/mol. The van der Waals surface area contributed by atoms with E-state index in [1.165, 1.54) is 6.26 Å². The summed E-state index contributed by atoms with van der Waals surface area (Å²) in [5, 5.41) is 8.83. The Labute approximate surface area is 114 Å². The van der Waals surface area contributed by atoms with E-state index in [1.54, 1.807) is 36.5 Å². The predicted octanol–water partition coefficient (Wildman–Crippen LogP) is 3.15. The number of aliphatic carboxylic acids is 1. The summed E-state index contributed by atoms with van der Waals surface area (Å²) in [5.74, 6) is -0.249. The number of hydrogen-bond donors (Lipinski definition) is 1. The molecule has 0 atom stereocenters. The summed E-state index contributed by atoms with van der Waals surface area (Å²) in [7, 11) is 0. The van der Waals surface area contributed by atoms with E-state index in [2.05, 4.69) is 4.99 Å². The maximum atomic E-state index is 10.4. The number of ether oxygens (including phenoxy) is 1. The molecule has 19 heavy (non-hydrogen) atoms. The number of nitrogens with zero attached hydrogens (tertiary/aromatic N) is 1. The fourth-order valence-corrected chi connectivity index (χ4v) is 1.58. The summed E-state index contributed by atoms with van der Waals surface area (Å²) < 4.78 is 10.1. The summed E-state index contributed by atoms with van der Waals surface area (Å²) in [6.07, 6.45) is 3.12. The van der Waals surface area contributed by atoms with Gasteiger partial charge in [-0.1, -0.05) is 11.6 Å². The van der Waals surface area contributed by atoms with Crippen molar-refractivity contribution in [3.8, 4) is 5.75 Å². The van der Waals surface area contributed by atoms with Crippen molar-refractivity contribution >= 4 is 29.7 Å². The van der Waals surface area contributed by atoms with Crippen LogP contribution in [0.15, 0.2) is 46.0 Å². The predicted molar refractivity (Wildman–Crippen MR) is 70.5 cm³/mol. The summed E-state index contributed by atoms with van der Waals surface area (Å²) in [6, 6.07) is 8.40. The lowest BCUT2D eigenvalue weighted by molar-refractivity contribution is -0.139. The van der Waals surface area contributed by atoms with E-state index in [0.717, 1.165) is 5.56 Å². The average molecular weight is 280 g/mol. The van der Waals surface area contributed by atoms with Crippen molar-refractivity contribution in [3.63, 3.8) is 0 Å². The Balaban J connectivity index is 2.08. The fraction of sp³-hybridized carbons (Fsp3) is 0.0769. The topological polar surface area (TPSA) is 72.0 Å². The molecule has 0 amide bonds. The molecule has 2 aromatic rings. The van der Waals surface area contributed by atoms with Crippen molar-refractivity contribution in [3.05, 3.63) is 47.2 Å². The average Bonchev–Trinajstić information content (AvgIpc) is 2.88. The zero-order valence-corrected chi connectivity index (χ0v) is 10.5. The van der Waals surface area contributed by atoms with Crippen LogP contribution in [-0.2, 0) is 4.79 Å². The molecule has 0 aliphatic carbocycles. The molecule has 1 heterocycles. The largest absolute Gasteiger partial charge is 0.480 e. The van der Waals surface area contributed by atoms with E-state index in [1.807, 2.05) is 0 Å². The van der Waals surface area contributed by atoms with Crippen LogP contribution in [0, 0.1) is 0 Å². The second kappa shape index (κ2) is 6.06. The van der Waals surface area contributed by atoms with Crippen LogP contribution in [0.1, 0.15) is 5.56 Å². The standard InChI is InChI=1S/C13H10ClNO4/c14-10-6-9(7-15-12-2-1-5-18-12)3-4-11(10)19-8-13(16)17/h1-7H,8H2,(H,16,17). The fourth-order valence-electron chi connectivity index (χ4n) is 1.34. The number of carboxylic acid groups (broad SMARTS) is 1. The SMILES string of the molecule is O=C(O)COc1ccc(C=Nc2ccco2)cc1Cl. The Hall–Kier alpha value is -2.27. The number of rotatable bonds is 5. The summed E-state index contributed by atoms with van der Waals surface area (Å²) in [5.41, 5.74) is 0.754. The van der Waals surface area contributed by atoms with Crippen LogP contribution in [0.25, 0.3) is 0 Å². The van der Waals surface area contributed by atoms with E-state index in [4.69, 9.17) is 25.9 Å². The van der Waals surface area contributed by atoms with E-state index in [0.29, 0.717) is 16.7 Å². The molecule has 0 aliphatic rings. The van der Waals surface area contributed by atoms with Gasteiger partial charge in [-0.05, 0) is 29.8 Å². The lowest BCUT2D eigenvalue weighted by Crippen LogP contribution is -2.09. The molecule has 0 bridgehead atoms. The lowest BCUT2D eigenvalue weighted by Gasteiger charge is -2.05. The first-order chi connectivity index (χ1) is 9.15. The van der Waals surface area contributed by atoms with Gasteiger partial charge in [0.25, 0.3) is 0 Å². The third-order valence-corrected chi connectivity index (χ3v) is 2.45. The molecule has 0 saturated heterocycles. The minimum atomic E-state index is -1.06. The minimum Gasteiger partial charge on any atom is -0.480 e. The minimum absolute atomic E-state index is 0.319. The molecule has 0 fully saturated rings. The molecule has 1 N–H and O–H groups in total. The molecule has 98 valence electrons. The van der Waals surface area contributed by atoms with E-state index in [9.17, 15) is 4.79 Å². The van der Waals surface area contributed by atoms with Gasteiger partial charge in [0.15, 0.2) is 6.61 Å². The van der Waals surface area contributed by atoms with E-state index >= 15 is 0 Å². The zero-order chi connectivity index (χ0) is 13.7. The van der Waals surface area contributed by atoms with Crippen molar-refractivity contribution < 1.29 is 19.1 Å². The monoisotopic (exact) mass is 279 g/mol. The molecule has 0 unspecified atom stereocenters. The zero-order valence-electron chi connectivity index (χ0n) is 9.75. The summed E-state index contributed by atoms with van der Waals surface area (Å²) >= 11 is 5.97. The highest BCUT2D eigenvalue weighted by atomic mass is 35.5. The number of furan rings is 1. The van der Waals surface area contributed by atoms with Crippen molar-refractivity contribution in [2.75, 3.05) is 6.61 Å². The first kappa shape index (κ1) is 13.2. The quantitative estimate of drug-likeness (QED) is 0.853. The molecule has 5 nitrogen and oxygen atoms in total. The van der Waals surface area contributed by atoms with Crippen molar-refractivity contribution in [1.29, 1.82) is 0 Å². The van der Waals surface area contributed by atoms with Gasteiger partial charge < -0.3 is 14.3 Å². The molecule has 2 rings (SSSR count). The van der Waals surface area contributed by atoms with E-state index < -0.39 is 12.6 Å². The van der Waals surface area contributed by atoms with E-state index in [-0.39, 0.29) is 0 Å². The number of aliphatic imine (C=N–C) groups is 1. The van der Waals surface area contributed by atoms with Gasteiger partial charge in [-0.2, -0.15) is 0 Å². The maximum Gasteiger partial charge on any atom is 0.341 e. The highest BCUT2D eigenvalue weighted by Gasteiger charge is 2.04. The third-order valence-electron chi connectivity index (χ3n) is 2.15. The van der Waals surface area contributed by atoms with Crippen LogP contribution in [-0.4, -0.2) is 23.9 Å². The lowest BCUT2D eigenvalue weighted by atomic mass is 10.2. The number of carbonyl (C=O) groups is 1. The Morgan fingerprint density at radius 1 is 1.47 bits per heavy atom. The van der Waals surface area contributed by atoms with Crippen LogP contribution in [0.2, 0.25) is 5.02 Å². The first-order valence-corrected chi connectivity index (χ1v) is 5.74. The second-order valence-corrected chi connectivity index (χ2v) is 3.99. The molecule has 6 heteroatoms. The van der Waals surface area contributed by atoms with Gasteiger partial charge in [-0.25, -0.2) is 9.79 Å². The number of halogens is 1. The van der Waals surface area contributed by atoms with Gasteiger partial charge >= 0.3 is 5.97 Å². The Morgan fingerprint density at radius 2 is 2.32 bits per heavy atom. The van der Waals surface area contributed by atoms with Crippen molar-refractivity contribution in [1.82, 2.24) is 0 Å². The first-order valence-electron chi connectivity index (χ1n) is 5.37. The summed E-state index contributed by atoms with van der Waals surface area (Å²) in [6.45, 7) is -0.431. The molecule has 1 aromatic heterocycles. The highest BCUT2D eigenvalue weighted by molar-refractivity contribution is 6.32. The van der Waals surface area contributed by atoms with Crippen LogP contribution < -0.4 is 4.74 Å². The molecule has 0 saturated carbocycles. The molecule has 1 aromatic carbocycles. The van der Waals surface area contributed by atoms with Gasteiger partial charge in [-0.15, -0.1) is 0 Å². The highest BCUT2D eigenvalue weighted by Crippen LogP contribution is 2.25. The van der Waals surface area contributed by atoms with Crippen LogP contribution >= 0.6 is 11.6 Å².